The quantitative estimate of drug-likeness (QED) is 0.839. The number of anilines is 1. The van der Waals surface area contributed by atoms with Gasteiger partial charge in [-0.1, -0.05) is 49.4 Å². The molecule has 2 aromatic carbocycles. The lowest BCUT2D eigenvalue weighted by atomic mass is 10.1. The van der Waals surface area contributed by atoms with Crippen LogP contribution in [0.4, 0.5) is 5.69 Å². The third-order valence-electron chi connectivity index (χ3n) is 3.38. The van der Waals surface area contributed by atoms with Gasteiger partial charge in [-0.05, 0) is 36.6 Å². The summed E-state index contributed by atoms with van der Waals surface area (Å²) in [6.45, 7) is 4.25. The second kappa shape index (κ2) is 7.89. The first kappa shape index (κ1) is 15.6. The summed E-state index contributed by atoms with van der Waals surface area (Å²) in [5.41, 5.74) is 3.40. The number of amides is 1. The molecule has 0 fully saturated rings. The second-order valence-corrected chi connectivity index (χ2v) is 6.29. The molecule has 0 unspecified atom stereocenters. The normalized spacial score (nSPS) is 11.9. The van der Waals surface area contributed by atoms with Gasteiger partial charge >= 0.3 is 0 Å². The predicted octanol–water partition coefficient (Wildman–Crippen LogP) is 4.68. The van der Waals surface area contributed by atoms with Crippen LogP contribution in [0.3, 0.4) is 0 Å². The molecule has 0 aliphatic heterocycles. The van der Waals surface area contributed by atoms with Crippen molar-refractivity contribution in [2.24, 2.45) is 0 Å². The number of carbonyl (C=O) groups excluding carboxylic acids is 1. The van der Waals surface area contributed by atoms with E-state index in [-0.39, 0.29) is 5.91 Å². The number of thioether (sulfide) groups is 1. The van der Waals surface area contributed by atoms with Crippen molar-refractivity contribution in [1.29, 1.82) is 0 Å². The van der Waals surface area contributed by atoms with Crippen LogP contribution in [0.25, 0.3) is 0 Å². The van der Waals surface area contributed by atoms with Crippen LogP contribution in [0.1, 0.15) is 30.2 Å². The molecule has 0 bridgehead atoms. The summed E-state index contributed by atoms with van der Waals surface area (Å²) >= 11 is 1.65. The van der Waals surface area contributed by atoms with Crippen LogP contribution in [-0.2, 0) is 11.2 Å². The summed E-state index contributed by atoms with van der Waals surface area (Å²) in [4.78, 5) is 12.0. The van der Waals surface area contributed by atoms with Crippen molar-refractivity contribution >= 4 is 23.4 Å². The van der Waals surface area contributed by atoms with Crippen molar-refractivity contribution in [3.63, 3.8) is 0 Å². The number of benzene rings is 2. The van der Waals surface area contributed by atoms with Gasteiger partial charge in [-0.15, -0.1) is 11.8 Å². The highest BCUT2D eigenvalue weighted by Crippen LogP contribution is 2.27. The Bertz CT molecular complexity index is 566. The fraction of sp³-hybridized carbons (Fsp3) is 0.278. The zero-order valence-electron chi connectivity index (χ0n) is 12.5. The molecule has 0 aliphatic carbocycles. The first-order valence-corrected chi connectivity index (χ1v) is 8.29. The highest BCUT2D eigenvalue weighted by atomic mass is 32.2. The zero-order valence-corrected chi connectivity index (χ0v) is 13.3. The minimum atomic E-state index is 0.0482. The van der Waals surface area contributed by atoms with E-state index < -0.39 is 0 Å². The Morgan fingerprint density at radius 3 is 2.38 bits per heavy atom. The fourth-order valence-electron chi connectivity index (χ4n) is 2.04. The summed E-state index contributed by atoms with van der Waals surface area (Å²) in [5, 5.41) is 3.26. The molecule has 0 aromatic heterocycles. The number of nitrogens with one attached hydrogen (secondary N) is 1. The van der Waals surface area contributed by atoms with E-state index in [1.807, 2.05) is 30.3 Å². The number of carbonyl (C=O) groups is 1. The lowest BCUT2D eigenvalue weighted by Gasteiger charge is -2.11. The lowest BCUT2D eigenvalue weighted by Crippen LogP contribution is -2.14. The number of rotatable bonds is 6. The SMILES string of the molecule is CCc1ccc(NC(=O)CS[C@H](C)c2ccccc2)cc1. The third kappa shape index (κ3) is 4.94. The maximum atomic E-state index is 12.0. The fourth-order valence-corrected chi connectivity index (χ4v) is 2.86. The molecule has 0 heterocycles. The molecular weight excluding hydrogens is 278 g/mol. The minimum absolute atomic E-state index is 0.0482. The van der Waals surface area contributed by atoms with Crippen LogP contribution in [0.2, 0.25) is 0 Å². The van der Waals surface area contributed by atoms with Crippen LogP contribution < -0.4 is 5.32 Å². The Kier molecular flexibility index (Phi) is 5.88. The van der Waals surface area contributed by atoms with E-state index in [9.17, 15) is 4.79 Å². The topological polar surface area (TPSA) is 29.1 Å². The van der Waals surface area contributed by atoms with Crippen molar-refractivity contribution in [3.8, 4) is 0 Å². The molecule has 1 N–H and O–H groups in total. The lowest BCUT2D eigenvalue weighted by molar-refractivity contribution is -0.113. The molecule has 21 heavy (non-hydrogen) atoms. The summed E-state index contributed by atoms with van der Waals surface area (Å²) < 4.78 is 0. The summed E-state index contributed by atoms with van der Waals surface area (Å²) in [7, 11) is 0. The summed E-state index contributed by atoms with van der Waals surface area (Å²) in [5.74, 6) is 0.512. The first-order valence-electron chi connectivity index (χ1n) is 7.24. The van der Waals surface area contributed by atoms with Crippen LogP contribution in [0, 0.1) is 0 Å². The van der Waals surface area contributed by atoms with Gasteiger partial charge in [0.25, 0.3) is 0 Å². The molecule has 2 rings (SSSR count). The average molecular weight is 299 g/mol. The highest BCUT2D eigenvalue weighted by molar-refractivity contribution is 8.00. The Morgan fingerprint density at radius 1 is 1.10 bits per heavy atom. The second-order valence-electron chi connectivity index (χ2n) is 4.96. The van der Waals surface area contributed by atoms with Crippen LogP contribution in [-0.4, -0.2) is 11.7 Å². The van der Waals surface area contributed by atoms with Gasteiger partial charge in [0.2, 0.25) is 5.91 Å². The Morgan fingerprint density at radius 2 is 1.76 bits per heavy atom. The van der Waals surface area contributed by atoms with Crippen molar-refractivity contribution < 1.29 is 4.79 Å². The molecule has 2 nitrogen and oxygen atoms in total. The Hall–Kier alpha value is -1.74. The smallest absolute Gasteiger partial charge is 0.234 e. The molecule has 110 valence electrons. The summed E-state index contributed by atoms with van der Waals surface area (Å²) in [6, 6.07) is 18.3. The van der Waals surface area contributed by atoms with Gasteiger partial charge in [-0.2, -0.15) is 0 Å². The van der Waals surface area contributed by atoms with Gasteiger partial charge in [0.1, 0.15) is 0 Å². The molecule has 1 amide bonds. The van der Waals surface area contributed by atoms with Gasteiger partial charge in [0.15, 0.2) is 0 Å². The number of aryl methyl sites for hydroxylation is 1. The van der Waals surface area contributed by atoms with Crippen molar-refractivity contribution in [2.75, 3.05) is 11.1 Å². The molecule has 0 aliphatic rings. The number of hydrogen-bond donors (Lipinski definition) is 1. The average Bonchev–Trinajstić information content (AvgIpc) is 2.54. The van der Waals surface area contributed by atoms with E-state index >= 15 is 0 Å². The maximum Gasteiger partial charge on any atom is 0.234 e. The van der Waals surface area contributed by atoms with Crippen LogP contribution in [0.5, 0.6) is 0 Å². The standard InChI is InChI=1S/C18H21NOS/c1-3-15-9-11-17(12-10-15)19-18(20)13-21-14(2)16-7-5-4-6-8-16/h4-12,14H,3,13H2,1-2H3,(H,19,20)/t14-/m1/s1. The molecule has 0 radical (unpaired) electrons. The minimum Gasteiger partial charge on any atom is -0.325 e. The molecule has 0 saturated carbocycles. The number of hydrogen-bond acceptors (Lipinski definition) is 2. The van der Waals surface area contributed by atoms with Gasteiger partial charge < -0.3 is 5.32 Å². The third-order valence-corrected chi connectivity index (χ3v) is 4.58. The van der Waals surface area contributed by atoms with E-state index in [0.717, 1.165) is 12.1 Å². The zero-order chi connectivity index (χ0) is 15.1. The van der Waals surface area contributed by atoms with E-state index in [2.05, 4.69) is 43.4 Å². The van der Waals surface area contributed by atoms with Crippen molar-refractivity contribution in [3.05, 3.63) is 65.7 Å². The van der Waals surface area contributed by atoms with Crippen molar-refractivity contribution in [2.45, 2.75) is 25.5 Å². The van der Waals surface area contributed by atoms with Gasteiger partial charge in [0.05, 0.1) is 5.75 Å². The van der Waals surface area contributed by atoms with Crippen molar-refractivity contribution in [1.82, 2.24) is 0 Å². The monoisotopic (exact) mass is 299 g/mol. The highest BCUT2D eigenvalue weighted by Gasteiger charge is 2.09. The molecule has 0 spiro atoms. The van der Waals surface area contributed by atoms with E-state index in [0.29, 0.717) is 11.0 Å². The largest absolute Gasteiger partial charge is 0.325 e. The van der Waals surface area contributed by atoms with E-state index in [4.69, 9.17) is 0 Å². The van der Waals surface area contributed by atoms with E-state index in [1.165, 1.54) is 11.1 Å². The molecule has 0 saturated heterocycles. The Labute approximate surface area is 131 Å². The summed E-state index contributed by atoms with van der Waals surface area (Å²) in [6.07, 6.45) is 1.01. The van der Waals surface area contributed by atoms with E-state index in [1.54, 1.807) is 11.8 Å². The predicted molar refractivity (Wildman–Crippen MR) is 91.8 cm³/mol. The van der Waals surface area contributed by atoms with Gasteiger partial charge in [0, 0.05) is 10.9 Å². The first-order chi connectivity index (χ1) is 10.2. The molecule has 1 atom stereocenters. The van der Waals surface area contributed by atoms with Crippen LogP contribution >= 0.6 is 11.8 Å². The maximum absolute atomic E-state index is 12.0. The molecule has 3 heteroatoms. The van der Waals surface area contributed by atoms with Gasteiger partial charge in [-0.3, -0.25) is 4.79 Å². The van der Waals surface area contributed by atoms with Gasteiger partial charge in [-0.25, -0.2) is 0 Å². The molecular formula is C18H21NOS. The Balaban J connectivity index is 1.81. The van der Waals surface area contributed by atoms with Crippen LogP contribution in [0.15, 0.2) is 54.6 Å². The molecule has 2 aromatic rings.